The Bertz CT molecular complexity index is 1250. The van der Waals surface area contributed by atoms with Crippen molar-refractivity contribution < 1.29 is 23.8 Å². The van der Waals surface area contributed by atoms with Gasteiger partial charge in [-0.15, -0.1) is 0 Å². The first kappa shape index (κ1) is 21.3. The van der Waals surface area contributed by atoms with Crippen LogP contribution in [0.5, 0.6) is 5.75 Å². The maximum absolute atomic E-state index is 13.9. The zero-order chi connectivity index (χ0) is 22.9. The molecular weight excluding hydrogens is 424 g/mol. The van der Waals surface area contributed by atoms with Gasteiger partial charge in [0.1, 0.15) is 11.3 Å². The minimum Gasteiger partial charge on any atom is -0.497 e. The number of nitrogens with zero attached hydrogens (tertiary/aromatic N) is 2. The number of fused-ring (bicyclic) bond motifs is 1. The van der Waals surface area contributed by atoms with Gasteiger partial charge in [0.05, 0.1) is 42.9 Å². The lowest BCUT2D eigenvalue weighted by atomic mass is 10.0. The van der Waals surface area contributed by atoms with E-state index in [1.165, 1.54) is 12.1 Å². The second-order valence-electron chi connectivity index (χ2n) is 8.32. The fourth-order valence-corrected chi connectivity index (χ4v) is 4.79. The molecule has 0 aliphatic carbocycles. The molecular formula is C25H26N2O6. The Morgan fingerprint density at radius 1 is 1.12 bits per heavy atom. The number of hydrogen-bond donors (Lipinski definition) is 1. The molecule has 2 aliphatic rings. The van der Waals surface area contributed by atoms with Gasteiger partial charge in [0, 0.05) is 31.4 Å². The first-order valence-electron chi connectivity index (χ1n) is 11.1. The van der Waals surface area contributed by atoms with Gasteiger partial charge < -0.3 is 28.8 Å². The topological polar surface area (TPSA) is 92.4 Å². The van der Waals surface area contributed by atoms with Crippen molar-refractivity contribution in [2.45, 2.75) is 18.9 Å². The summed E-state index contributed by atoms with van der Waals surface area (Å²) in [5.41, 5.74) is 1.83. The number of aromatic carboxylic acids is 1. The quantitative estimate of drug-likeness (QED) is 0.629. The lowest BCUT2D eigenvalue weighted by molar-refractivity contribution is 0.0697. The predicted octanol–water partition coefficient (Wildman–Crippen LogP) is 3.68. The van der Waals surface area contributed by atoms with E-state index in [9.17, 15) is 14.7 Å². The number of anilines is 2. The third kappa shape index (κ3) is 3.91. The Hall–Kier alpha value is -3.52. The minimum absolute atomic E-state index is 0.0657. The van der Waals surface area contributed by atoms with Gasteiger partial charge in [-0.25, -0.2) is 4.79 Å². The maximum Gasteiger partial charge on any atom is 0.335 e. The van der Waals surface area contributed by atoms with Crippen molar-refractivity contribution in [1.82, 2.24) is 0 Å². The molecule has 3 heterocycles. The van der Waals surface area contributed by atoms with Crippen molar-refractivity contribution in [2.75, 3.05) is 49.8 Å². The van der Waals surface area contributed by atoms with E-state index in [-0.39, 0.29) is 17.0 Å². The van der Waals surface area contributed by atoms with Gasteiger partial charge in [-0.3, -0.25) is 4.79 Å². The Morgan fingerprint density at radius 2 is 1.94 bits per heavy atom. The molecule has 2 aromatic carbocycles. The normalized spacial score (nSPS) is 18.6. The summed E-state index contributed by atoms with van der Waals surface area (Å²) in [7, 11) is 1.63. The number of hydrogen-bond acceptors (Lipinski definition) is 7. The van der Waals surface area contributed by atoms with Crippen LogP contribution in [0.3, 0.4) is 0 Å². The molecule has 1 aromatic heterocycles. The van der Waals surface area contributed by atoms with Gasteiger partial charge in [-0.1, -0.05) is 6.07 Å². The molecule has 0 amide bonds. The van der Waals surface area contributed by atoms with Crippen molar-refractivity contribution in [1.29, 1.82) is 0 Å². The molecule has 5 rings (SSSR count). The summed E-state index contributed by atoms with van der Waals surface area (Å²) in [5.74, 6) is 0.232. The average Bonchev–Trinajstić information content (AvgIpc) is 3.33. The lowest BCUT2D eigenvalue weighted by Gasteiger charge is -2.33. The first-order chi connectivity index (χ1) is 16.1. The SMILES string of the molecule is COc1cccc(N2CCC[C@@H]2c2c(N3CCOCC3)oc3ccc(C(=O)O)cc3c2=O)c1. The van der Waals surface area contributed by atoms with E-state index in [4.69, 9.17) is 13.9 Å². The molecule has 33 heavy (non-hydrogen) atoms. The van der Waals surface area contributed by atoms with Crippen molar-refractivity contribution in [3.63, 3.8) is 0 Å². The van der Waals surface area contributed by atoms with Crippen molar-refractivity contribution >= 4 is 28.5 Å². The summed E-state index contributed by atoms with van der Waals surface area (Å²) in [6.07, 6.45) is 1.72. The number of methoxy groups -OCH3 is 1. The molecule has 1 N–H and O–H groups in total. The second kappa shape index (κ2) is 8.78. The van der Waals surface area contributed by atoms with Crippen molar-refractivity contribution in [3.05, 3.63) is 63.8 Å². The number of carboxylic acid groups (broad SMARTS) is 1. The van der Waals surface area contributed by atoms with E-state index in [0.717, 1.165) is 30.8 Å². The summed E-state index contributed by atoms with van der Waals surface area (Å²) >= 11 is 0. The van der Waals surface area contributed by atoms with Crippen LogP contribution in [-0.4, -0.2) is 51.0 Å². The van der Waals surface area contributed by atoms with E-state index in [1.807, 2.05) is 24.3 Å². The maximum atomic E-state index is 13.9. The highest BCUT2D eigenvalue weighted by molar-refractivity contribution is 5.93. The Morgan fingerprint density at radius 3 is 2.70 bits per heavy atom. The van der Waals surface area contributed by atoms with Gasteiger partial charge in [0.25, 0.3) is 0 Å². The zero-order valence-corrected chi connectivity index (χ0v) is 18.5. The third-order valence-corrected chi connectivity index (χ3v) is 6.42. The molecule has 0 saturated carbocycles. The highest BCUT2D eigenvalue weighted by Gasteiger charge is 2.34. The summed E-state index contributed by atoms with van der Waals surface area (Å²) < 4.78 is 17.2. The number of carbonyl (C=O) groups is 1. The Kier molecular flexibility index (Phi) is 5.68. The van der Waals surface area contributed by atoms with Crippen LogP contribution in [0.25, 0.3) is 11.0 Å². The summed E-state index contributed by atoms with van der Waals surface area (Å²) in [4.78, 5) is 29.7. The van der Waals surface area contributed by atoms with E-state index in [0.29, 0.717) is 48.7 Å². The smallest absolute Gasteiger partial charge is 0.335 e. The summed E-state index contributed by atoms with van der Waals surface area (Å²) in [5, 5.41) is 9.73. The molecule has 0 unspecified atom stereocenters. The number of benzene rings is 2. The van der Waals surface area contributed by atoms with Crippen LogP contribution in [0.15, 0.2) is 51.7 Å². The molecule has 172 valence electrons. The van der Waals surface area contributed by atoms with E-state index in [2.05, 4.69) is 9.80 Å². The van der Waals surface area contributed by atoms with Crippen LogP contribution in [0.2, 0.25) is 0 Å². The standard InChI is InChI=1S/C25H26N2O6/c1-31-18-5-2-4-17(15-18)27-9-3-6-20(27)22-23(28)19-14-16(25(29)30)7-8-21(19)33-24(22)26-10-12-32-13-11-26/h2,4-5,7-8,14-15,20H,3,6,9-13H2,1H3,(H,29,30)/t20-/m1/s1. The molecule has 3 aromatic rings. The molecule has 0 bridgehead atoms. The number of morpholine rings is 1. The number of ether oxygens (including phenoxy) is 2. The van der Waals surface area contributed by atoms with Crippen LogP contribution in [0.1, 0.15) is 34.8 Å². The van der Waals surface area contributed by atoms with Crippen LogP contribution in [0, 0.1) is 0 Å². The number of carboxylic acids is 1. The second-order valence-corrected chi connectivity index (χ2v) is 8.32. The molecule has 8 nitrogen and oxygen atoms in total. The highest BCUT2D eigenvalue weighted by atomic mass is 16.5. The Labute approximate surface area is 190 Å². The van der Waals surface area contributed by atoms with E-state index in [1.54, 1.807) is 13.2 Å². The largest absolute Gasteiger partial charge is 0.497 e. The molecule has 2 saturated heterocycles. The third-order valence-electron chi connectivity index (χ3n) is 6.42. The van der Waals surface area contributed by atoms with E-state index < -0.39 is 5.97 Å². The fourth-order valence-electron chi connectivity index (χ4n) is 4.79. The Balaban J connectivity index is 1.69. The highest BCUT2D eigenvalue weighted by Crippen LogP contribution is 2.40. The first-order valence-corrected chi connectivity index (χ1v) is 11.1. The van der Waals surface area contributed by atoms with Crippen molar-refractivity contribution in [2.24, 2.45) is 0 Å². The van der Waals surface area contributed by atoms with Gasteiger partial charge in [-0.2, -0.15) is 0 Å². The summed E-state index contributed by atoms with van der Waals surface area (Å²) in [6, 6.07) is 12.1. The van der Waals surface area contributed by atoms with Gasteiger partial charge in [0.15, 0.2) is 5.43 Å². The number of rotatable bonds is 5. The average molecular weight is 450 g/mol. The van der Waals surface area contributed by atoms with Crippen LogP contribution < -0.4 is 20.0 Å². The van der Waals surface area contributed by atoms with Gasteiger partial charge in [-0.05, 0) is 43.2 Å². The van der Waals surface area contributed by atoms with Gasteiger partial charge in [0.2, 0.25) is 5.88 Å². The molecule has 2 aliphatic heterocycles. The molecule has 0 radical (unpaired) electrons. The fraction of sp³-hybridized carbons (Fsp3) is 0.360. The monoisotopic (exact) mass is 450 g/mol. The summed E-state index contributed by atoms with van der Waals surface area (Å²) in [6.45, 7) is 3.17. The van der Waals surface area contributed by atoms with Gasteiger partial charge >= 0.3 is 5.97 Å². The van der Waals surface area contributed by atoms with E-state index >= 15 is 0 Å². The van der Waals surface area contributed by atoms with Crippen LogP contribution >= 0.6 is 0 Å². The molecule has 8 heteroatoms. The molecule has 0 spiro atoms. The zero-order valence-electron chi connectivity index (χ0n) is 18.5. The molecule has 1 atom stereocenters. The predicted molar refractivity (Wildman–Crippen MR) is 125 cm³/mol. The minimum atomic E-state index is -1.08. The van der Waals surface area contributed by atoms with Crippen molar-refractivity contribution in [3.8, 4) is 5.75 Å². The lowest BCUT2D eigenvalue weighted by Crippen LogP contribution is -2.39. The molecule has 2 fully saturated rings. The van der Waals surface area contributed by atoms with Crippen LogP contribution in [0.4, 0.5) is 11.6 Å². The van der Waals surface area contributed by atoms with Crippen LogP contribution in [-0.2, 0) is 4.74 Å².